The number of hydrogen-bond acceptors (Lipinski definition) is 2. The fourth-order valence-electron chi connectivity index (χ4n) is 5.56. The summed E-state index contributed by atoms with van der Waals surface area (Å²) in [6, 6.07) is 8.24. The molecule has 0 aromatic heterocycles. The summed E-state index contributed by atoms with van der Waals surface area (Å²) in [6.07, 6.45) is 5.04. The number of aliphatic hydroxyl groups is 1. The number of rotatable bonds is 3. The van der Waals surface area contributed by atoms with E-state index in [1.165, 1.54) is 12.8 Å². The van der Waals surface area contributed by atoms with E-state index in [4.69, 9.17) is 0 Å². The van der Waals surface area contributed by atoms with E-state index in [9.17, 15) is 9.90 Å². The summed E-state index contributed by atoms with van der Waals surface area (Å²) in [5, 5.41) is 14.1. The van der Waals surface area contributed by atoms with Crippen LogP contribution in [0.3, 0.4) is 0 Å². The second kappa shape index (κ2) is 5.57. The maximum absolute atomic E-state index is 13.1. The van der Waals surface area contributed by atoms with Gasteiger partial charge in [-0.15, -0.1) is 0 Å². The number of carbonyl (C=O) groups is 1. The van der Waals surface area contributed by atoms with Crippen molar-refractivity contribution in [2.24, 2.45) is 17.8 Å². The number of nitrogens with one attached hydrogen (secondary N) is 1. The lowest BCUT2D eigenvalue weighted by Crippen LogP contribution is -2.62. The van der Waals surface area contributed by atoms with Crippen molar-refractivity contribution in [3.8, 4) is 0 Å². The summed E-state index contributed by atoms with van der Waals surface area (Å²) in [6.45, 7) is 3.99. The van der Waals surface area contributed by atoms with Crippen molar-refractivity contribution >= 4 is 21.8 Å². The van der Waals surface area contributed by atoms with Gasteiger partial charge in [0.2, 0.25) is 5.91 Å². The average Bonchev–Trinajstić information content (AvgIpc) is 2.49. The van der Waals surface area contributed by atoms with E-state index in [0.717, 1.165) is 29.3 Å². The first-order chi connectivity index (χ1) is 11.3. The van der Waals surface area contributed by atoms with Crippen LogP contribution in [0.2, 0.25) is 0 Å². The predicted molar refractivity (Wildman–Crippen MR) is 97.6 cm³/mol. The number of halogens is 1. The van der Waals surface area contributed by atoms with Crippen LogP contribution in [0, 0.1) is 17.8 Å². The van der Waals surface area contributed by atoms with E-state index in [2.05, 4.69) is 21.2 Å². The van der Waals surface area contributed by atoms with Gasteiger partial charge in [0.15, 0.2) is 0 Å². The van der Waals surface area contributed by atoms with E-state index >= 15 is 0 Å². The molecule has 1 amide bonds. The molecule has 130 valence electrons. The largest absolute Gasteiger partial charge is 0.390 e. The normalized spacial score (nSPS) is 37.5. The van der Waals surface area contributed by atoms with Gasteiger partial charge in [-0.05, 0) is 81.4 Å². The van der Waals surface area contributed by atoms with E-state index in [0.29, 0.717) is 17.8 Å². The first-order valence-electron chi connectivity index (χ1n) is 9.06. The van der Waals surface area contributed by atoms with Crippen molar-refractivity contribution in [2.45, 2.75) is 63.0 Å². The summed E-state index contributed by atoms with van der Waals surface area (Å²) >= 11 is 3.50. The fourth-order valence-corrected chi connectivity index (χ4v) is 5.96. The van der Waals surface area contributed by atoms with Crippen molar-refractivity contribution in [1.29, 1.82) is 0 Å². The molecule has 0 aliphatic heterocycles. The van der Waals surface area contributed by atoms with Gasteiger partial charge in [-0.1, -0.05) is 28.1 Å². The van der Waals surface area contributed by atoms with Crippen LogP contribution in [0.25, 0.3) is 0 Å². The van der Waals surface area contributed by atoms with Crippen LogP contribution in [-0.4, -0.2) is 22.7 Å². The van der Waals surface area contributed by atoms with Crippen molar-refractivity contribution in [3.63, 3.8) is 0 Å². The van der Waals surface area contributed by atoms with Crippen LogP contribution in [0.1, 0.15) is 51.5 Å². The molecule has 0 radical (unpaired) electrons. The molecule has 4 bridgehead atoms. The number of hydrogen-bond donors (Lipinski definition) is 2. The summed E-state index contributed by atoms with van der Waals surface area (Å²) < 4.78 is 0.998. The molecule has 4 aliphatic rings. The van der Waals surface area contributed by atoms with E-state index in [1.807, 2.05) is 38.1 Å². The Hall–Kier alpha value is -0.870. The summed E-state index contributed by atoms with van der Waals surface area (Å²) in [4.78, 5) is 13.1. The Balaban J connectivity index is 1.52. The van der Waals surface area contributed by atoms with Crippen molar-refractivity contribution in [1.82, 2.24) is 5.32 Å². The maximum atomic E-state index is 13.1. The Morgan fingerprint density at radius 3 is 2.50 bits per heavy atom. The Labute approximate surface area is 152 Å². The summed E-state index contributed by atoms with van der Waals surface area (Å²) in [7, 11) is 0. The van der Waals surface area contributed by atoms with Gasteiger partial charge in [0.05, 0.1) is 11.0 Å². The second-order valence-corrected chi connectivity index (χ2v) is 9.74. The topological polar surface area (TPSA) is 49.3 Å². The molecular formula is C20H26BrNO2. The van der Waals surface area contributed by atoms with Gasteiger partial charge in [-0.25, -0.2) is 0 Å². The zero-order chi connectivity index (χ0) is 17.1. The summed E-state index contributed by atoms with van der Waals surface area (Å²) in [5.41, 5.74) is 0.0178. The van der Waals surface area contributed by atoms with Gasteiger partial charge in [0, 0.05) is 10.5 Å². The number of amides is 1. The van der Waals surface area contributed by atoms with E-state index in [-0.39, 0.29) is 11.9 Å². The highest BCUT2D eigenvalue weighted by Crippen LogP contribution is 2.55. The molecule has 5 rings (SSSR count). The molecule has 2 N–H and O–H groups in total. The highest BCUT2D eigenvalue weighted by molar-refractivity contribution is 9.10. The van der Waals surface area contributed by atoms with Crippen LogP contribution in [-0.2, 0) is 10.2 Å². The van der Waals surface area contributed by atoms with Crippen LogP contribution in [0.4, 0.5) is 0 Å². The minimum Gasteiger partial charge on any atom is -0.390 e. The van der Waals surface area contributed by atoms with Gasteiger partial charge in [0.25, 0.3) is 0 Å². The Bertz CT molecular complexity index is 655. The third-order valence-corrected chi connectivity index (χ3v) is 7.15. The van der Waals surface area contributed by atoms with Crippen LogP contribution < -0.4 is 5.32 Å². The zero-order valence-electron chi connectivity index (χ0n) is 14.4. The molecule has 24 heavy (non-hydrogen) atoms. The minimum atomic E-state index is -0.560. The molecule has 4 aliphatic carbocycles. The van der Waals surface area contributed by atoms with Crippen LogP contribution in [0.15, 0.2) is 28.7 Å². The van der Waals surface area contributed by atoms with Crippen molar-refractivity contribution < 1.29 is 9.90 Å². The van der Waals surface area contributed by atoms with E-state index in [1.54, 1.807) is 0 Å². The quantitative estimate of drug-likeness (QED) is 0.823. The molecule has 0 heterocycles. The third-order valence-electron chi connectivity index (χ3n) is 6.65. The van der Waals surface area contributed by atoms with Crippen LogP contribution in [0.5, 0.6) is 0 Å². The van der Waals surface area contributed by atoms with Gasteiger partial charge in [-0.3, -0.25) is 4.79 Å². The molecule has 4 saturated carbocycles. The maximum Gasteiger partial charge on any atom is 0.230 e. The molecule has 1 aromatic carbocycles. The monoisotopic (exact) mass is 391 g/mol. The van der Waals surface area contributed by atoms with E-state index < -0.39 is 11.0 Å². The third kappa shape index (κ3) is 2.72. The molecule has 0 saturated heterocycles. The lowest BCUT2D eigenvalue weighted by molar-refractivity contribution is -0.148. The molecular weight excluding hydrogens is 366 g/mol. The lowest BCUT2D eigenvalue weighted by atomic mass is 9.52. The first kappa shape index (κ1) is 16.6. The van der Waals surface area contributed by atoms with Crippen molar-refractivity contribution in [2.75, 3.05) is 0 Å². The van der Waals surface area contributed by atoms with Gasteiger partial charge in [-0.2, -0.15) is 0 Å². The molecule has 0 spiro atoms. The first-order valence-corrected chi connectivity index (χ1v) is 9.85. The van der Waals surface area contributed by atoms with Gasteiger partial charge < -0.3 is 10.4 Å². The molecule has 4 fully saturated rings. The Morgan fingerprint density at radius 2 is 1.92 bits per heavy atom. The predicted octanol–water partition coefficient (Wildman–Crippen LogP) is 3.78. The lowest BCUT2D eigenvalue weighted by Gasteiger charge is -2.58. The molecule has 4 unspecified atom stereocenters. The smallest absolute Gasteiger partial charge is 0.230 e. The Morgan fingerprint density at radius 1 is 1.25 bits per heavy atom. The second-order valence-electron chi connectivity index (χ2n) is 8.83. The minimum absolute atomic E-state index is 0.102. The number of benzene rings is 1. The van der Waals surface area contributed by atoms with Crippen molar-refractivity contribution in [3.05, 3.63) is 34.3 Å². The molecule has 4 heteroatoms. The highest BCUT2D eigenvalue weighted by atomic mass is 79.9. The van der Waals surface area contributed by atoms with Gasteiger partial charge >= 0.3 is 0 Å². The Kier molecular flexibility index (Phi) is 3.85. The number of carbonyl (C=O) groups excluding carboxylic acids is 1. The van der Waals surface area contributed by atoms with Crippen LogP contribution >= 0.6 is 15.9 Å². The fraction of sp³-hybridized carbons (Fsp3) is 0.650. The average molecular weight is 392 g/mol. The molecule has 1 aromatic rings. The molecule has 3 nitrogen and oxygen atoms in total. The summed E-state index contributed by atoms with van der Waals surface area (Å²) in [5.74, 6) is 1.66. The molecule has 5 atom stereocenters. The standard InChI is InChI=1S/C20H26BrNO2/c1-19(2,15-4-3-5-16(21)8-15)18(23)22-17-13-6-12-7-14(17)11-20(24,9-12)10-13/h3-5,8,12-14,17,24H,6-7,9-11H2,1-2H3,(H,22,23)/t12?,13-,14?,17?,20?/m0/s1. The zero-order valence-corrected chi connectivity index (χ0v) is 16.0. The highest BCUT2D eigenvalue weighted by Gasteiger charge is 2.55. The van der Waals surface area contributed by atoms with Gasteiger partial charge in [0.1, 0.15) is 0 Å². The SMILES string of the molecule is CC(C)(C(=O)NC1C2CC3C[C@H]1CC(O)(C3)C2)c1cccc(Br)c1.